The van der Waals surface area contributed by atoms with Gasteiger partial charge in [0.2, 0.25) is 0 Å². The van der Waals surface area contributed by atoms with E-state index >= 15 is 4.39 Å². The number of hydrogen-bond acceptors (Lipinski definition) is 7. The van der Waals surface area contributed by atoms with Gasteiger partial charge in [-0.1, -0.05) is 20.4 Å². The number of rotatable bonds is 6. The van der Waals surface area contributed by atoms with Crippen molar-refractivity contribution in [2.75, 3.05) is 21.1 Å². The van der Waals surface area contributed by atoms with E-state index in [-0.39, 0.29) is 64.1 Å². The fraction of sp³-hybridized carbons (Fsp3) is 0.517. The molecule has 0 bridgehead atoms. The van der Waals surface area contributed by atoms with Gasteiger partial charge in [0.1, 0.15) is 23.1 Å². The molecule has 1 amide bonds. The number of phenolic OH excluding ortho intramolecular Hbond substituents is 1. The molecule has 0 spiro atoms. The Hall–Kier alpha value is -3.17. The fourth-order valence-electron chi connectivity index (χ4n) is 6.59. The van der Waals surface area contributed by atoms with Crippen molar-refractivity contribution in [1.82, 2.24) is 9.80 Å². The van der Waals surface area contributed by atoms with Crippen LogP contribution in [0.1, 0.15) is 48.7 Å². The lowest BCUT2D eigenvalue weighted by Gasteiger charge is -2.47. The largest absolute Gasteiger partial charge is 0.511 e. The van der Waals surface area contributed by atoms with Gasteiger partial charge in [-0.2, -0.15) is 0 Å². The summed E-state index contributed by atoms with van der Waals surface area (Å²) in [6, 6.07) is 0.806. The van der Waals surface area contributed by atoms with E-state index in [0.29, 0.717) is 17.9 Å². The third kappa shape index (κ3) is 4.22. The van der Waals surface area contributed by atoms with Crippen LogP contribution in [0.5, 0.6) is 5.75 Å². The van der Waals surface area contributed by atoms with Crippen LogP contribution < -0.4 is 5.73 Å². The molecule has 9 heteroatoms. The zero-order valence-corrected chi connectivity index (χ0v) is 22.9. The summed E-state index contributed by atoms with van der Waals surface area (Å²) in [5, 5.41) is 33.3. The van der Waals surface area contributed by atoms with Crippen LogP contribution in [0.25, 0.3) is 0 Å². The molecule has 2 unspecified atom stereocenters. The Balaban J connectivity index is 1.81. The van der Waals surface area contributed by atoms with Crippen LogP contribution in [0, 0.1) is 29.5 Å². The number of Topliss-reactive ketones (excluding diaryl/α,β-unsaturated/α-hetero) is 1. The lowest BCUT2D eigenvalue weighted by Crippen LogP contribution is -2.50. The number of hydrogen-bond donors (Lipinski definition) is 4. The highest BCUT2D eigenvalue weighted by Gasteiger charge is 2.52. The van der Waals surface area contributed by atoms with Gasteiger partial charge in [-0.15, -0.1) is 0 Å². The third-order valence-corrected chi connectivity index (χ3v) is 8.82. The highest BCUT2D eigenvalue weighted by Crippen LogP contribution is 2.53. The number of likely N-dealkylation sites (N-methyl/N-ethyl adjacent to an activating group) is 1. The van der Waals surface area contributed by atoms with Crippen LogP contribution in [0.3, 0.4) is 0 Å². The molecule has 0 aromatic heterocycles. The van der Waals surface area contributed by atoms with Gasteiger partial charge in [0.25, 0.3) is 5.91 Å². The predicted molar refractivity (Wildman–Crippen MR) is 142 cm³/mol. The van der Waals surface area contributed by atoms with E-state index < -0.39 is 41.3 Å². The van der Waals surface area contributed by atoms with E-state index in [9.17, 15) is 24.9 Å². The second-order valence-corrected chi connectivity index (χ2v) is 11.6. The summed E-state index contributed by atoms with van der Waals surface area (Å²) in [6.45, 7) is 10.4. The summed E-state index contributed by atoms with van der Waals surface area (Å²) >= 11 is 0. The van der Waals surface area contributed by atoms with Crippen LogP contribution in [-0.2, 0) is 17.8 Å². The van der Waals surface area contributed by atoms with E-state index in [2.05, 4.69) is 27.4 Å². The van der Waals surface area contributed by atoms with Gasteiger partial charge in [-0.3, -0.25) is 19.4 Å². The number of nitrogens with zero attached hydrogens (tertiary/aromatic N) is 2. The average molecular weight is 528 g/mol. The second kappa shape index (κ2) is 9.85. The van der Waals surface area contributed by atoms with E-state index in [0.717, 1.165) is 0 Å². The number of carbonyl (C=O) groups is 2. The van der Waals surface area contributed by atoms with E-state index in [1.807, 2.05) is 11.9 Å². The van der Waals surface area contributed by atoms with Crippen molar-refractivity contribution in [3.8, 4) is 5.75 Å². The smallest absolute Gasteiger partial charge is 0.252 e. The first-order valence-corrected chi connectivity index (χ1v) is 13.0. The van der Waals surface area contributed by atoms with Crippen LogP contribution in [0.15, 0.2) is 40.9 Å². The van der Waals surface area contributed by atoms with Crippen LogP contribution in [0.2, 0.25) is 0 Å². The molecule has 3 aliphatic carbocycles. The van der Waals surface area contributed by atoms with Crippen LogP contribution in [-0.4, -0.2) is 70.0 Å². The highest BCUT2D eigenvalue weighted by molar-refractivity contribution is 6.13. The lowest BCUT2D eigenvalue weighted by atomic mass is 9.60. The number of aliphatic hydroxyl groups excluding tert-OH is 2. The Morgan fingerprint density at radius 3 is 2.37 bits per heavy atom. The van der Waals surface area contributed by atoms with Crippen LogP contribution in [0.4, 0.5) is 4.39 Å². The molecule has 3 aliphatic rings. The molecule has 1 aromatic carbocycles. The number of benzene rings is 1. The highest BCUT2D eigenvalue weighted by atomic mass is 19.1. The van der Waals surface area contributed by atoms with Crippen molar-refractivity contribution in [3.05, 3.63) is 63.4 Å². The number of phenols is 1. The van der Waals surface area contributed by atoms with Crippen molar-refractivity contribution in [2.45, 2.75) is 52.2 Å². The van der Waals surface area contributed by atoms with Gasteiger partial charge in [0.05, 0.1) is 17.2 Å². The Bertz CT molecular complexity index is 1280. The summed E-state index contributed by atoms with van der Waals surface area (Å²) in [5.74, 6) is -4.28. The first-order chi connectivity index (χ1) is 17.7. The Labute approximate surface area is 222 Å². The number of amides is 1. The molecule has 0 fully saturated rings. The van der Waals surface area contributed by atoms with Gasteiger partial charge in [-0.05, 0) is 70.3 Å². The molecule has 0 saturated heterocycles. The first-order valence-electron chi connectivity index (χ1n) is 13.0. The third-order valence-electron chi connectivity index (χ3n) is 8.82. The molecule has 0 saturated carbocycles. The van der Waals surface area contributed by atoms with E-state index in [4.69, 9.17) is 5.73 Å². The number of allylic oxidation sites excluding steroid dienone is 2. The molecule has 8 nitrogen and oxygen atoms in total. The maximum Gasteiger partial charge on any atom is 0.252 e. The number of primary amides is 1. The minimum atomic E-state index is -0.873. The number of carbonyl (C=O) groups excluding carboxylic acids is 2. The molecule has 5 atom stereocenters. The molecular weight excluding hydrogens is 489 g/mol. The molecule has 5 N–H and O–H groups in total. The number of aromatic hydroxyl groups is 1. The molecule has 0 heterocycles. The quantitative estimate of drug-likeness (QED) is 0.445. The minimum Gasteiger partial charge on any atom is -0.511 e. The Morgan fingerprint density at radius 1 is 1.18 bits per heavy atom. The molecule has 1 aromatic rings. The van der Waals surface area contributed by atoms with Gasteiger partial charge in [0.15, 0.2) is 5.78 Å². The van der Waals surface area contributed by atoms with Crippen molar-refractivity contribution < 1.29 is 29.3 Å². The van der Waals surface area contributed by atoms with E-state index in [1.54, 1.807) is 19.0 Å². The molecule has 0 radical (unpaired) electrons. The molecule has 38 heavy (non-hydrogen) atoms. The number of aliphatic hydroxyl groups is 2. The van der Waals surface area contributed by atoms with Gasteiger partial charge < -0.3 is 21.1 Å². The number of fused-ring (bicyclic) bond motifs is 3. The maximum absolute atomic E-state index is 15.9. The predicted octanol–water partition coefficient (Wildman–Crippen LogP) is 3.61. The van der Waals surface area contributed by atoms with Crippen LogP contribution >= 0.6 is 0 Å². The zero-order chi connectivity index (χ0) is 28.4. The topological polar surface area (TPSA) is 127 Å². The minimum absolute atomic E-state index is 0.0932. The fourth-order valence-corrected chi connectivity index (χ4v) is 6.59. The standard InChI is InChI=1S/C29H38FN3O5/c1-12(2)14(4)33(7)11-16-10-19(34)23-17(24(16)30)8-15-9-18-20(26(35)22(15)27(23)36)13(3)21(29(31)38)28(37)25(18)32(5)6/h10,12,14-15,18,20,25,34-35,37H,3,8-9,11H2,1-2,4-7H3,(H2,31,38)/t14-,15-,18?,20?,25-/m0/s1. The van der Waals surface area contributed by atoms with E-state index in [1.165, 1.54) is 6.07 Å². The molecule has 206 valence electrons. The average Bonchev–Trinajstić information content (AvgIpc) is 2.80. The van der Waals surface area contributed by atoms with Gasteiger partial charge in [0, 0.05) is 35.2 Å². The summed E-state index contributed by atoms with van der Waals surface area (Å²) in [4.78, 5) is 29.6. The number of nitrogens with two attached hydrogens (primary N) is 1. The summed E-state index contributed by atoms with van der Waals surface area (Å²) in [5.41, 5.74) is 5.93. The normalized spacial score (nSPS) is 26.2. The zero-order valence-electron chi connectivity index (χ0n) is 22.9. The second-order valence-electron chi connectivity index (χ2n) is 11.6. The molecule has 0 aliphatic heterocycles. The van der Waals surface area contributed by atoms with Crippen molar-refractivity contribution >= 4 is 11.7 Å². The molecular formula is C29H38FN3O5. The SMILES string of the molecule is C=C1C(C(N)=O)=C(O)[C@@H](N(C)C)C2C[C@@H]3Cc4c(F)c(CN(C)[C@@H](C)C(C)C)cc(O)c4C(=O)C3=C(O)C12. The Kier molecular flexibility index (Phi) is 7.22. The first kappa shape index (κ1) is 27.9. The summed E-state index contributed by atoms with van der Waals surface area (Å²) in [7, 11) is 5.37. The monoisotopic (exact) mass is 527 g/mol. The van der Waals surface area contributed by atoms with Crippen molar-refractivity contribution in [3.63, 3.8) is 0 Å². The Morgan fingerprint density at radius 2 is 1.82 bits per heavy atom. The number of halogens is 1. The summed E-state index contributed by atoms with van der Waals surface area (Å²) < 4.78 is 15.9. The lowest BCUT2D eigenvalue weighted by molar-refractivity contribution is -0.114. The molecule has 4 rings (SSSR count). The maximum atomic E-state index is 15.9. The number of ketones is 1. The van der Waals surface area contributed by atoms with Gasteiger partial charge in [-0.25, -0.2) is 4.39 Å². The summed E-state index contributed by atoms with van der Waals surface area (Å²) in [6.07, 6.45) is 0.446. The van der Waals surface area contributed by atoms with Crippen molar-refractivity contribution in [2.24, 2.45) is 29.4 Å². The van der Waals surface area contributed by atoms with Gasteiger partial charge >= 0.3 is 0 Å². The van der Waals surface area contributed by atoms with Crippen molar-refractivity contribution in [1.29, 1.82) is 0 Å².